The van der Waals surface area contributed by atoms with Gasteiger partial charge in [0.25, 0.3) is 0 Å². The summed E-state index contributed by atoms with van der Waals surface area (Å²) >= 11 is 0. The summed E-state index contributed by atoms with van der Waals surface area (Å²) in [6.45, 7) is 0. The average molecular weight is 284 g/mol. The number of carboxylic acids is 2. The molecule has 0 atom stereocenters. The molecule has 0 aliphatic heterocycles. The third-order valence-electron chi connectivity index (χ3n) is 3.37. The third-order valence-corrected chi connectivity index (χ3v) is 3.37. The summed E-state index contributed by atoms with van der Waals surface area (Å²) in [6.07, 6.45) is 0.0836. The minimum atomic E-state index is -1.13. The van der Waals surface area contributed by atoms with E-state index in [0.29, 0.717) is 11.2 Å². The smallest absolute Gasteiger partial charge is 0.354 e. The molecule has 2 aromatic heterocycles. The van der Waals surface area contributed by atoms with E-state index in [9.17, 15) is 9.59 Å². The van der Waals surface area contributed by atoms with E-state index in [-0.39, 0.29) is 18.5 Å². The van der Waals surface area contributed by atoms with Gasteiger partial charge in [0.2, 0.25) is 0 Å². The maximum atomic E-state index is 11.2. The lowest BCUT2D eigenvalue weighted by atomic mass is 10.1. The van der Waals surface area contributed by atoms with E-state index in [1.54, 1.807) is 0 Å². The Bertz CT molecular complexity index is 867. The van der Waals surface area contributed by atoms with Gasteiger partial charge in [-0.25, -0.2) is 9.78 Å². The van der Waals surface area contributed by atoms with E-state index in [4.69, 9.17) is 10.2 Å². The zero-order chi connectivity index (χ0) is 15.0. The highest BCUT2D eigenvalue weighted by Gasteiger charge is 2.15. The number of pyridine rings is 1. The number of aliphatic carboxylic acids is 1. The zero-order valence-electron chi connectivity index (χ0n) is 11.0. The summed E-state index contributed by atoms with van der Waals surface area (Å²) in [6, 6.07) is 9.03. The predicted octanol–water partition coefficient (Wildman–Crippen LogP) is 2.43. The molecule has 3 N–H and O–H groups in total. The number of H-pyrrole nitrogens is 1. The summed E-state index contributed by atoms with van der Waals surface area (Å²) in [7, 11) is 0. The van der Waals surface area contributed by atoms with E-state index in [1.807, 2.05) is 24.3 Å². The highest BCUT2D eigenvalue weighted by molar-refractivity contribution is 6.09. The molecule has 6 nitrogen and oxygen atoms in total. The first-order chi connectivity index (χ1) is 10.1. The summed E-state index contributed by atoms with van der Waals surface area (Å²) in [4.78, 5) is 29.2. The molecule has 0 aliphatic carbocycles. The number of aryl methyl sites for hydroxylation is 1. The number of carboxylic acid groups (broad SMARTS) is 2. The number of para-hydroxylation sites is 1. The van der Waals surface area contributed by atoms with Crippen molar-refractivity contribution >= 4 is 33.7 Å². The van der Waals surface area contributed by atoms with Crippen LogP contribution in [0.4, 0.5) is 0 Å². The van der Waals surface area contributed by atoms with Crippen molar-refractivity contribution in [3.05, 3.63) is 41.7 Å². The second-order valence-corrected chi connectivity index (χ2v) is 4.75. The Labute approximate surface area is 119 Å². The first-order valence-corrected chi connectivity index (χ1v) is 6.41. The van der Waals surface area contributed by atoms with Gasteiger partial charge in [0, 0.05) is 22.7 Å². The molecule has 0 amide bonds. The Morgan fingerprint density at radius 2 is 1.90 bits per heavy atom. The van der Waals surface area contributed by atoms with E-state index in [2.05, 4.69) is 9.97 Å². The number of hydrogen-bond acceptors (Lipinski definition) is 3. The lowest BCUT2D eigenvalue weighted by Gasteiger charge is -2.03. The Morgan fingerprint density at radius 1 is 1.14 bits per heavy atom. The first-order valence-electron chi connectivity index (χ1n) is 6.41. The number of rotatable bonds is 4. The monoisotopic (exact) mass is 284 g/mol. The summed E-state index contributed by atoms with van der Waals surface area (Å²) in [5.41, 5.74) is 1.95. The number of benzene rings is 1. The molecular weight excluding hydrogens is 272 g/mol. The SMILES string of the molecule is O=C(O)CCc1nc(C(=O)O)cc2c1[nH]c1ccccc12. The van der Waals surface area contributed by atoms with Crippen molar-refractivity contribution in [3.8, 4) is 0 Å². The Kier molecular flexibility index (Phi) is 3.06. The van der Waals surface area contributed by atoms with Crippen LogP contribution in [0, 0.1) is 0 Å². The molecule has 0 spiro atoms. The van der Waals surface area contributed by atoms with Gasteiger partial charge in [-0.3, -0.25) is 4.79 Å². The number of fused-ring (bicyclic) bond motifs is 3. The molecule has 6 heteroatoms. The van der Waals surface area contributed by atoms with E-state index in [0.717, 1.165) is 16.3 Å². The van der Waals surface area contributed by atoms with Gasteiger partial charge in [0.15, 0.2) is 0 Å². The molecular formula is C15H12N2O4. The van der Waals surface area contributed by atoms with Crippen LogP contribution in [0.15, 0.2) is 30.3 Å². The quantitative estimate of drug-likeness (QED) is 0.682. The van der Waals surface area contributed by atoms with Crippen LogP contribution >= 0.6 is 0 Å². The number of aromatic nitrogens is 2. The van der Waals surface area contributed by atoms with Crippen molar-refractivity contribution < 1.29 is 19.8 Å². The van der Waals surface area contributed by atoms with Crippen molar-refractivity contribution in [1.82, 2.24) is 9.97 Å². The van der Waals surface area contributed by atoms with E-state index < -0.39 is 11.9 Å². The van der Waals surface area contributed by atoms with Crippen molar-refractivity contribution in [1.29, 1.82) is 0 Å². The molecule has 3 aromatic rings. The normalized spacial score (nSPS) is 11.0. The molecule has 3 rings (SSSR count). The maximum Gasteiger partial charge on any atom is 0.354 e. The van der Waals surface area contributed by atoms with Crippen LogP contribution < -0.4 is 0 Å². The van der Waals surface area contributed by atoms with Gasteiger partial charge in [-0.2, -0.15) is 0 Å². The van der Waals surface area contributed by atoms with Gasteiger partial charge in [0.05, 0.1) is 17.6 Å². The average Bonchev–Trinajstić information content (AvgIpc) is 2.83. The number of aromatic carboxylic acids is 1. The van der Waals surface area contributed by atoms with Crippen LogP contribution in [-0.2, 0) is 11.2 Å². The van der Waals surface area contributed by atoms with Crippen molar-refractivity contribution in [3.63, 3.8) is 0 Å². The Balaban J connectivity index is 2.27. The Morgan fingerprint density at radius 3 is 2.62 bits per heavy atom. The van der Waals surface area contributed by atoms with E-state index in [1.165, 1.54) is 6.07 Å². The van der Waals surface area contributed by atoms with Crippen molar-refractivity contribution in [2.24, 2.45) is 0 Å². The topological polar surface area (TPSA) is 103 Å². The number of nitrogens with one attached hydrogen (secondary N) is 1. The van der Waals surface area contributed by atoms with Crippen LogP contribution in [0.5, 0.6) is 0 Å². The molecule has 0 radical (unpaired) electrons. The second-order valence-electron chi connectivity index (χ2n) is 4.75. The fraction of sp³-hybridized carbons (Fsp3) is 0.133. The zero-order valence-corrected chi connectivity index (χ0v) is 11.0. The van der Waals surface area contributed by atoms with E-state index >= 15 is 0 Å². The number of hydrogen-bond donors (Lipinski definition) is 3. The molecule has 0 bridgehead atoms. The van der Waals surface area contributed by atoms with Gasteiger partial charge >= 0.3 is 11.9 Å². The largest absolute Gasteiger partial charge is 0.481 e. The van der Waals surface area contributed by atoms with Crippen LogP contribution in [0.3, 0.4) is 0 Å². The van der Waals surface area contributed by atoms with Gasteiger partial charge in [-0.15, -0.1) is 0 Å². The van der Waals surface area contributed by atoms with Crippen LogP contribution in [-0.4, -0.2) is 32.1 Å². The van der Waals surface area contributed by atoms with Gasteiger partial charge in [0.1, 0.15) is 5.69 Å². The number of carbonyl (C=O) groups is 2. The Hall–Kier alpha value is -2.89. The molecule has 1 aromatic carbocycles. The van der Waals surface area contributed by atoms with Crippen LogP contribution in [0.25, 0.3) is 21.8 Å². The maximum absolute atomic E-state index is 11.2. The van der Waals surface area contributed by atoms with Crippen molar-refractivity contribution in [2.45, 2.75) is 12.8 Å². The van der Waals surface area contributed by atoms with Gasteiger partial charge in [-0.05, 0) is 12.1 Å². The third kappa shape index (κ3) is 2.31. The molecule has 0 saturated carbocycles. The molecule has 0 fully saturated rings. The lowest BCUT2D eigenvalue weighted by Crippen LogP contribution is -2.06. The van der Waals surface area contributed by atoms with Crippen LogP contribution in [0.2, 0.25) is 0 Å². The molecule has 0 saturated heterocycles. The lowest BCUT2D eigenvalue weighted by molar-refractivity contribution is -0.136. The molecule has 21 heavy (non-hydrogen) atoms. The standard InChI is InChI=1S/C15H12N2O4/c18-13(19)6-5-11-14-9(7-12(16-11)15(20)21)8-3-1-2-4-10(8)17-14/h1-4,7,17H,5-6H2,(H,18,19)(H,20,21). The van der Waals surface area contributed by atoms with Gasteiger partial charge in [-0.1, -0.05) is 18.2 Å². The molecule has 106 valence electrons. The van der Waals surface area contributed by atoms with Gasteiger partial charge < -0.3 is 15.2 Å². The van der Waals surface area contributed by atoms with Crippen molar-refractivity contribution in [2.75, 3.05) is 0 Å². The number of nitrogens with zero attached hydrogens (tertiary/aromatic N) is 1. The minimum Gasteiger partial charge on any atom is -0.481 e. The summed E-state index contributed by atoms with van der Waals surface area (Å²) in [5.74, 6) is -2.07. The number of aromatic amines is 1. The predicted molar refractivity (Wildman–Crippen MR) is 76.5 cm³/mol. The fourth-order valence-corrected chi connectivity index (χ4v) is 2.43. The summed E-state index contributed by atoms with van der Waals surface area (Å²) in [5, 5.41) is 19.6. The minimum absolute atomic E-state index is 0.0763. The molecule has 0 unspecified atom stereocenters. The highest BCUT2D eigenvalue weighted by atomic mass is 16.4. The summed E-state index contributed by atoms with van der Waals surface area (Å²) < 4.78 is 0. The van der Waals surface area contributed by atoms with Crippen LogP contribution in [0.1, 0.15) is 22.6 Å². The fourth-order valence-electron chi connectivity index (χ4n) is 2.43. The first kappa shape index (κ1) is 13.1. The highest BCUT2D eigenvalue weighted by Crippen LogP contribution is 2.28. The molecule has 0 aliphatic rings. The second kappa shape index (κ2) is 4.90. The molecule has 2 heterocycles.